The molecule has 3 heteroatoms. The third-order valence-electron chi connectivity index (χ3n) is 2.31. The summed E-state index contributed by atoms with van der Waals surface area (Å²) in [6.07, 6.45) is 1.13. The van der Waals surface area contributed by atoms with Crippen LogP contribution in [0.2, 0.25) is 0 Å². The summed E-state index contributed by atoms with van der Waals surface area (Å²) in [5.41, 5.74) is 0. The Morgan fingerprint density at radius 1 is 1.54 bits per heavy atom. The van der Waals surface area contributed by atoms with Gasteiger partial charge in [0.1, 0.15) is 10.4 Å². The molecule has 0 bridgehead atoms. The molecule has 1 heterocycles. The Kier molecular flexibility index (Phi) is 3.72. The number of hydrogen-bond acceptors (Lipinski definition) is 2. The highest BCUT2D eigenvalue weighted by atomic mass is 79.9. The highest BCUT2D eigenvalue weighted by Gasteiger charge is 2.08. The van der Waals surface area contributed by atoms with Crippen molar-refractivity contribution in [2.24, 2.45) is 0 Å². The van der Waals surface area contributed by atoms with Crippen molar-refractivity contribution >= 4 is 21.7 Å². The first-order chi connectivity index (χ1) is 6.15. The monoisotopic (exact) mass is 242 g/mol. The minimum Gasteiger partial charge on any atom is -0.357 e. The second-order valence-electron chi connectivity index (χ2n) is 3.19. The fourth-order valence-electron chi connectivity index (χ4n) is 1.09. The van der Waals surface area contributed by atoms with Crippen LogP contribution < -0.4 is 4.90 Å². The molecule has 0 spiro atoms. The maximum absolute atomic E-state index is 4.38. The molecule has 1 rings (SSSR count). The third kappa shape index (κ3) is 2.69. The van der Waals surface area contributed by atoms with Gasteiger partial charge in [0.05, 0.1) is 0 Å². The lowest BCUT2D eigenvalue weighted by Gasteiger charge is -2.24. The Balaban J connectivity index is 2.82. The zero-order valence-corrected chi connectivity index (χ0v) is 9.87. The van der Waals surface area contributed by atoms with Crippen molar-refractivity contribution < 1.29 is 0 Å². The predicted molar refractivity (Wildman–Crippen MR) is 60.1 cm³/mol. The lowest BCUT2D eigenvalue weighted by molar-refractivity contribution is 0.656. The van der Waals surface area contributed by atoms with Crippen LogP contribution in [0.3, 0.4) is 0 Å². The molecular formula is C10H15BrN2. The van der Waals surface area contributed by atoms with Crippen molar-refractivity contribution in [2.45, 2.75) is 26.3 Å². The lowest BCUT2D eigenvalue weighted by atomic mass is 10.2. The van der Waals surface area contributed by atoms with E-state index in [1.807, 2.05) is 18.2 Å². The zero-order chi connectivity index (χ0) is 9.84. The number of hydrogen-bond donors (Lipinski definition) is 0. The number of halogens is 1. The largest absolute Gasteiger partial charge is 0.357 e. The first-order valence-corrected chi connectivity index (χ1v) is 5.29. The Morgan fingerprint density at radius 3 is 2.77 bits per heavy atom. The van der Waals surface area contributed by atoms with E-state index in [4.69, 9.17) is 0 Å². The summed E-state index contributed by atoms with van der Waals surface area (Å²) in [6, 6.07) is 6.50. The first kappa shape index (κ1) is 10.5. The van der Waals surface area contributed by atoms with Gasteiger partial charge in [-0.15, -0.1) is 0 Å². The Morgan fingerprint density at radius 2 is 2.23 bits per heavy atom. The summed E-state index contributed by atoms with van der Waals surface area (Å²) in [5, 5.41) is 0. The molecule has 1 aromatic rings. The van der Waals surface area contributed by atoms with Crippen molar-refractivity contribution in [1.29, 1.82) is 0 Å². The molecule has 72 valence electrons. The van der Waals surface area contributed by atoms with Gasteiger partial charge in [-0.3, -0.25) is 0 Å². The molecule has 0 amide bonds. The molecule has 0 saturated carbocycles. The Hall–Kier alpha value is -0.570. The summed E-state index contributed by atoms with van der Waals surface area (Å²) in [5.74, 6) is 1.02. The predicted octanol–water partition coefficient (Wildman–Crippen LogP) is 3.08. The summed E-state index contributed by atoms with van der Waals surface area (Å²) >= 11 is 3.36. The fraction of sp³-hybridized carbons (Fsp3) is 0.500. The van der Waals surface area contributed by atoms with Crippen LogP contribution in [0.25, 0.3) is 0 Å². The normalized spacial score (nSPS) is 12.6. The van der Waals surface area contributed by atoms with Crippen LogP contribution in [0.15, 0.2) is 22.8 Å². The van der Waals surface area contributed by atoms with Crippen LogP contribution >= 0.6 is 15.9 Å². The van der Waals surface area contributed by atoms with Gasteiger partial charge in [-0.1, -0.05) is 13.0 Å². The van der Waals surface area contributed by atoms with Gasteiger partial charge in [0.15, 0.2) is 0 Å². The fourth-order valence-corrected chi connectivity index (χ4v) is 1.43. The third-order valence-corrected chi connectivity index (χ3v) is 2.76. The molecule has 0 aromatic carbocycles. The summed E-state index contributed by atoms with van der Waals surface area (Å²) in [6.45, 7) is 4.38. The van der Waals surface area contributed by atoms with Gasteiger partial charge < -0.3 is 4.90 Å². The SMILES string of the molecule is CCC(C)N(C)c1cccc(Br)n1. The number of anilines is 1. The molecule has 0 radical (unpaired) electrons. The van der Waals surface area contributed by atoms with Gasteiger partial charge >= 0.3 is 0 Å². The minimum absolute atomic E-state index is 0.529. The van der Waals surface area contributed by atoms with Gasteiger partial charge in [-0.2, -0.15) is 0 Å². The van der Waals surface area contributed by atoms with Crippen LogP contribution in [0.4, 0.5) is 5.82 Å². The summed E-state index contributed by atoms with van der Waals surface area (Å²) in [4.78, 5) is 6.57. The minimum atomic E-state index is 0.529. The zero-order valence-electron chi connectivity index (χ0n) is 8.29. The van der Waals surface area contributed by atoms with Gasteiger partial charge in [0.2, 0.25) is 0 Å². The van der Waals surface area contributed by atoms with E-state index in [0.29, 0.717) is 6.04 Å². The Bertz CT molecular complexity index is 275. The van der Waals surface area contributed by atoms with Crippen molar-refractivity contribution in [2.75, 3.05) is 11.9 Å². The molecule has 0 saturated heterocycles. The summed E-state index contributed by atoms with van der Waals surface area (Å²) < 4.78 is 0.889. The number of aromatic nitrogens is 1. The van der Waals surface area contributed by atoms with Crippen molar-refractivity contribution in [3.05, 3.63) is 22.8 Å². The van der Waals surface area contributed by atoms with Crippen LogP contribution in [0, 0.1) is 0 Å². The van der Waals surface area contributed by atoms with E-state index in [1.165, 1.54) is 0 Å². The average molecular weight is 243 g/mol. The molecule has 0 aliphatic rings. The number of rotatable bonds is 3. The molecular weight excluding hydrogens is 228 g/mol. The quantitative estimate of drug-likeness (QED) is 0.758. The number of pyridine rings is 1. The van der Waals surface area contributed by atoms with Gasteiger partial charge in [-0.05, 0) is 41.4 Å². The van der Waals surface area contributed by atoms with Crippen LogP contribution in [-0.2, 0) is 0 Å². The average Bonchev–Trinajstić information content (AvgIpc) is 2.15. The maximum Gasteiger partial charge on any atom is 0.129 e. The first-order valence-electron chi connectivity index (χ1n) is 4.50. The van der Waals surface area contributed by atoms with Crippen LogP contribution in [0.1, 0.15) is 20.3 Å². The van der Waals surface area contributed by atoms with Crippen molar-refractivity contribution in [3.63, 3.8) is 0 Å². The molecule has 1 unspecified atom stereocenters. The van der Waals surface area contributed by atoms with E-state index in [1.54, 1.807) is 0 Å². The second-order valence-corrected chi connectivity index (χ2v) is 4.00. The lowest BCUT2D eigenvalue weighted by Crippen LogP contribution is -2.28. The maximum atomic E-state index is 4.38. The topological polar surface area (TPSA) is 16.1 Å². The molecule has 1 atom stereocenters. The second kappa shape index (κ2) is 4.61. The molecule has 0 aliphatic carbocycles. The van der Waals surface area contributed by atoms with E-state index in [2.05, 4.69) is 46.7 Å². The highest BCUT2D eigenvalue weighted by Crippen LogP contribution is 2.16. The smallest absolute Gasteiger partial charge is 0.129 e. The molecule has 1 aromatic heterocycles. The van der Waals surface area contributed by atoms with Gasteiger partial charge in [0.25, 0.3) is 0 Å². The number of nitrogens with zero attached hydrogens (tertiary/aromatic N) is 2. The van der Waals surface area contributed by atoms with Gasteiger partial charge in [0, 0.05) is 13.1 Å². The van der Waals surface area contributed by atoms with E-state index >= 15 is 0 Å². The van der Waals surface area contributed by atoms with Crippen LogP contribution in [-0.4, -0.2) is 18.1 Å². The molecule has 0 N–H and O–H groups in total. The van der Waals surface area contributed by atoms with Crippen LogP contribution in [0.5, 0.6) is 0 Å². The molecule has 0 fully saturated rings. The molecule has 13 heavy (non-hydrogen) atoms. The van der Waals surface area contributed by atoms with E-state index < -0.39 is 0 Å². The Labute approximate surface area is 88.1 Å². The van der Waals surface area contributed by atoms with Crippen molar-refractivity contribution in [1.82, 2.24) is 4.98 Å². The molecule has 0 aliphatic heterocycles. The van der Waals surface area contributed by atoms with E-state index in [0.717, 1.165) is 16.8 Å². The molecule has 2 nitrogen and oxygen atoms in total. The van der Waals surface area contributed by atoms with Gasteiger partial charge in [-0.25, -0.2) is 4.98 Å². The van der Waals surface area contributed by atoms with E-state index in [-0.39, 0.29) is 0 Å². The summed E-state index contributed by atoms with van der Waals surface area (Å²) in [7, 11) is 2.07. The van der Waals surface area contributed by atoms with E-state index in [9.17, 15) is 0 Å². The highest BCUT2D eigenvalue weighted by molar-refractivity contribution is 9.10. The van der Waals surface area contributed by atoms with Crippen molar-refractivity contribution in [3.8, 4) is 0 Å². The standard InChI is InChI=1S/C10H15BrN2/c1-4-8(2)13(3)10-7-5-6-9(11)12-10/h5-8H,4H2,1-3H3.